The highest BCUT2D eigenvalue weighted by Crippen LogP contribution is 2.37. The van der Waals surface area contributed by atoms with Gasteiger partial charge in [-0.25, -0.2) is 0 Å². The van der Waals surface area contributed by atoms with Gasteiger partial charge in [0.05, 0.1) is 12.0 Å². The van der Waals surface area contributed by atoms with Crippen LogP contribution < -0.4 is 5.32 Å². The molecule has 4 heteroatoms. The molecule has 1 aliphatic rings. The second kappa shape index (κ2) is 5.77. The molecule has 1 rings (SSSR count). The van der Waals surface area contributed by atoms with Crippen molar-refractivity contribution in [3.05, 3.63) is 0 Å². The zero-order chi connectivity index (χ0) is 13.1. The summed E-state index contributed by atoms with van der Waals surface area (Å²) in [7, 11) is 0. The number of alkyl halides is 3. The van der Waals surface area contributed by atoms with E-state index in [0.717, 1.165) is 6.42 Å². The first-order valence-corrected chi connectivity index (χ1v) is 6.13. The molecule has 0 aromatic heterocycles. The predicted molar refractivity (Wildman–Crippen MR) is 62.4 cm³/mol. The molecule has 98 valence electrons. The van der Waals surface area contributed by atoms with E-state index in [0.29, 0.717) is 6.42 Å². The molecule has 1 saturated carbocycles. The fraction of sp³-hybridized carbons (Fsp3) is 0.846. The van der Waals surface area contributed by atoms with Gasteiger partial charge in [0.25, 0.3) is 0 Å². The van der Waals surface area contributed by atoms with Gasteiger partial charge >= 0.3 is 6.18 Å². The molecule has 0 bridgehead atoms. The van der Waals surface area contributed by atoms with Crippen LogP contribution in [0.25, 0.3) is 0 Å². The average Bonchev–Trinajstić information content (AvgIpc) is 2.24. The maximum absolute atomic E-state index is 12.6. The molecule has 1 fully saturated rings. The molecule has 3 unspecified atom stereocenters. The third kappa shape index (κ3) is 4.23. The van der Waals surface area contributed by atoms with E-state index in [4.69, 9.17) is 6.42 Å². The fourth-order valence-corrected chi connectivity index (χ4v) is 2.33. The van der Waals surface area contributed by atoms with Crippen molar-refractivity contribution >= 4 is 0 Å². The molecule has 1 N–H and O–H groups in total. The minimum atomic E-state index is -4.07. The second-order valence-electron chi connectivity index (χ2n) is 5.16. The van der Waals surface area contributed by atoms with Crippen molar-refractivity contribution in [1.82, 2.24) is 5.32 Å². The Bertz CT molecular complexity index is 277. The van der Waals surface area contributed by atoms with E-state index in [2.05, 4.69) is 11.2 Å². The van der Waals surface area contributed by atoms with Gasteiger partial charge in [-0.05, 0) is 25.2 Å². The Hall–Kier alpha value is -0.690. The minimum absolute atomic E-state index is 0.0983. The smallest absolute Gasteiger partial charge is 0.301 e. The molecule has 1 aliphatic carbocycles. The van der Waals surface area contributed by atoms with Crippen LogP contribution >= 0.6 is 0 Å². The number of rotatable bonds is 3. The van der Waals surface area contributed by atoms with Crippen LogP contribution in [-0.4, -0.2) is 18.3 Å². The average molecular weight is 247 g/mol. The van der Waals surface area contributed by atoms with Gasteiger partial charge in [0, 0.05) is 6.04 Å². The first-order chi connectivity index (χ1) is 7.84. The minimum Gasteiger partial charge on any atom is -0.301 e. The summed E-state index contributed by atoms with van der Waals surface area (Å²) in [5, 5.41) is 3.17. The van der Waals surface area contributed by atoms with Crippen LogP contribution in [0.5, 0.6) is 0 Å². The van der Waals surface area contributed by atoms with Crippen LogP contribution in [0.15, 0.2) is 0 Å². The normalized spacial score (nSPS) is 27.8. The van der Waals surface area contributed by atoms with Gasteiger partial charge in [-0.3, -0.25) is 0 Å². The molecule has 0 saturated heterocycles. The monoisotopic (exact) mass is 247 g/mol. The SMILES string of the molecule is C#CC(NC1CCCC(C(F)(F)F)C1)C(C)C. The zero-order valence-electron chi connectivity index (χ0n) is 10.3. The van der Waals surface area contributed by atoms with Crippen LogP contribution in [0, 0.1) is 24.2 Å². The maximum atomic E-state index is 12.6. The zero-order valence-corrected chi connectivity index (χ0v) is 10.3. The van der Waals surface area contributed by atoms with Crippen LogP contribution in [0.3, 0.4) is 0 Å². The fourth-order valence-electron chi connectivity index (χ4n) is 2.33. The second-order valence-corrected chi connectivity index (χ2v) is 5.16. The highest BCUT2D eigenvalue weighted by atomic mass is 19.4. The Balaban J connectivity index is 2.53. The molecule has 0 spiro atoms. The summed E-state index contributed by atoms with van der Waals surface area (Å²) in [6.07, 6.45) is 3.14. The molecule has 0 heterocycles. The predicted octanol–water partition coefficient (Wildman–Crippen LogP) is 3.35. The topological polar surface area (TPSA) is 12.0 Å². The van der Waals surface area contributed by atoms with Crippen LogP contribution in [0.2, 0.25) is 0 Å². The van der Waals surface area contributed by atoms with E-state index in [1.54, 1.807) is 0 Å². The van der Waals surface area contributed by atoms with E-state index in [1.165, 1.54) is 0 Å². The van der Waals surface area contributed by atoms with E-state index in [9.17, 15) is 13.2 Å². The number of hydrogen-bond donors (Lipinski definition) is 1. The highest BCUT2D eigenvalue weighted by molar-refractivity contribution is 5.02. The number of terminal acetylenes is 1. The van der Waals surface area contributed by atoms with Gasteiger partial charge in [0.1, 0.15) is 0 Å². The summed E-state index contributed by atoms with van der Waals surface area (Å²) >= 11 is 0. The lowest BCUT2D eigenvalue weighted by Crippen LogP contribution is -2.45. The first kappa shape index (κ1) is 14.4. The van der Waals surface area contributed by atoms with Gasteiger partial charge in [-0.15, -0.1) is 6.42 Å². The number of nitrogens with one attached hydrogen (secondary N) is 1. The van der Waals surface area contributed by atoms with E-state index >= 15 is 0 Å². The van der Waals surface area contributed by atoms with Crippen LogP contribution in [-0.2, 0) is 0 Å². The van der Waals surface area contributed by atoms with Crippen molar-refractivity contribution in [2.45, 2.75) is 57.8 Å². The Labute approximate surface area is 101 Å². The summed E-state index contributed by atoms with van der Waals surface area (Å²) in [6, 6.07) is -0.231. The maximum Gasteiger partial charge on any atom is 0.391 e. The molecule has 3 atom stereocenters. The van der Waals surface area contributed by atoms with Crippen molar-refractivity contribution in [3.63, 3.8) is 0 Å². The third-order valence-electron chi connectivity index (χ3n) is 3.40. The number of halogens is 3. The summed E-state index contributed by atoms with van der Waals surface area (Å²) in [5.41, 5.74) is 0. The van der Waals surface area contributed by atoms with Crippen LogP contribution in [0.4, 0.5) is 13.2 Å². The van der Waals surface area contributed by atoms with Crippen molar-refractivity contribution in [2.75, 3.05) is 0 Å². The Morgan fingerprint density at radius 1 is 1.29 bits per heavy atom. The largest absolute Gasteiger partial charge is 0.391 e. The number of hydrogen-bond acceptors (Lipinski definition) is 1. The van der Waals surface area contributed by atoms with Crippen LogP contribution in [0.1, 0.15) is 39.5 Å². The molecule has 0 radical (unpaired) electrons. The van der Waals surface area contributed by atoms with E-state index in [1.807, 2.05) is 13.8 Å². The van der Waals surface area contributed by atoms with Crippen molar-refractivity contribution in [2.24, 2.45) is 11.8 Å². The molecular weight excluding hydrogens is 227 g/mol. The summed E-state index contributed by atoms with van der Waals surface area (Å²) < 4.78 is 37.9. The van der Waals surface area contributed by atoms with E-state index in [-0.39, 0.29) is 30.8 Å². The third-order valence-corrected chi connectivity index (χ3v) is 3.40. The molecular formula is C13H20F3N. The lowest BCUT2D eigenvalue weighted by atomic mass is 9.84. The Kier molecular flexibility index (Phi) is 4.88. The molecule has 1 nitrogen and oxygen atoms in total. The quantitative estimate of drug-likeness (QED) is 0.754. The van der Waals surface area contributed by atoms with Gasteiger partial charge in [0.15, 0.2) is 0 Å². The Morgan fingerprint density at radius 3 is 2.41 bits per heavy atom. The highest BCUT2D eigenvalue weighted by Gasteiger charge is 2.42. The van der Waals surface area contributed by atoms with Gasteiger partial charge in [-0.1, -0.05) is 26.2 Å². The van der Waals surface area contributed by atoms with Crippen molar-refractivity contribution in [3.8, 4) is 12.3 Å². The molecule has 17 heavy (non-hydrogen) atoms. The van der Waals surface area contributed by atoms with Crippen molar-refractivity contribution in [1.29, 1.82) is 0 Å². The first-order valence-electron chi connectivity index (χ1n) is 6.13. The molecule has 0 aromatic carbocycles. The molecule has 0 aliphatic heterocycles. The van der Waals surface area contributed by atoms with E-state index < -0.39 is 12.1 Å². The van der Waals surface area contributed by atoms with Crippen molar-refractivity contribution < 1.29 is 13.2 Å². The molecule has 0 aromatic rings. The van der Waals surface area contributed by atoms with Gasteiger partial charge in [-0.2, -0.15) is 13.2 Å². The summed E-state index contributed by atoms with van der Waals surface area (Å²) in [4.78, 5) is 0. The van der Waals surface area contributed by atoms with Gasteiger partial charge in [0.2, 0.25) is 0 Å². The summed E-state index contributed by atoms with van der Waals surface area (Å²) in [5.74, 6) is 1.68. The van der Waals surface area contributed by atoms with Gasteiger partial charge < -0.3 is 5.32 Å². The molecule has 0 amide bonds. The Morgan fingerprint density at radius 2 is 1.94 bits per heavy atom. The standard InChI is InChI=1S/C13H20F3N/c1-4-12(9(2)3)17-11-7-5-6-10(8-11)13(14,15)16/h1,9-12,17H,5-8H2,2-3H3. The lowest BCUT2D eigenvalue weighted by Gasteiger charge is -2.33. The lowest BCUT2D eigenvalue weighted by molar-refractivity contribution is -0.183. The summed E-state index contributed by atoms with van der Waals surface area (Å²) in [6.45, 7) is 3.95.